The Balaban J connectivity index is 3.29. The molecule has 0 aromatic heterocycles. The largest absolute Gasteiger partial charge is 0.333 e. The smallest absolute Gasteiger partial charge is 0.252 e. The van der Waals surface area contributed by atoms with Gasteiger partial charge in [-0.05, 0) is 36.5 Å². The highest BCUT2D eigenvalue weighted by Gasteiger charge is 2.39. The van der Waals surface area contributed by atoms with Gasteiger partial charge in [0.1, 0.15) is 5.54 Å². The standard InChI is InChI=1S/C17H24N2O3S/c1-7-12-8-9-13(10-14(12)23(6,21)22)15(20)19-17(5,11-18)16(2,3)4/h8-10H,7H2,1-6H3,(H,19,20)/t17-/m0/s1. The number of carbonyl (C=O) groups is 1. The van der Waals surface area contributed by atoms with Crippen LogP contribution in [-0.2, 0) is 16.3 Å². The van der Waals surface area contributed by atoms with Crippen LogP contribution in [0, 0.1) is 16.7 Å². The van der Waals surface area contributed by atoms with Crippen molar-refractivity contribution in [2.45, 2.75) is 51.5 Å². The van der Waals surface area contributed by atoms with Gasteiger partial charge < -0.3 is 5.32 Å². The number of nitrogens with one attached hydrogen (secondary N) is 1. The van der Waals surface area contributed by atoms with Gasteiger partial charge in [0, 0.05) is 11.8 Å². The molecule has 6 heteroatoms. The van der Waals surface area contributed by atoms with Gasteiger partial charge in [0.15, 0.2) is 9.84 Å². The molecule has 0 radical (unpaired) electrons. The molecule has 0 saturated carbocycles. The zero-order valence-electron chi connectivity index (χ0n) is 14.5. The van der Waals surface area contributed by atoms with Gasteiger partial charge in [-0.1, -0.05) is 33.8 Å². The molecule has 0 heterocycles. The van der Waals surface area contributed by atoms with Crippen molar-refractivity contribution in [3.63, 3.8) is 0 Å². The number of sulfone groups is 1. The molecule has 1 aromatic rings. The van der Waals surface area contributed by atoms with Gasteiger partial charge in [0.25, 0.3) is 5.91 Å². The highest BCUT2D eigenvalue weighted by atomic mass is 32.2. The van der Waals surface area contributed by atoms with E-state index in [-0.39, 0.29) is 10.5 Å². The van der Waals surface area contributed by atoms with Gasteiger partial charge in [0.05, 0.1) is 11.0 Å². The highest BCUT2D eigenvalue weighted by Crippen LogP contribution is 2.30. The molecule has 0 aliphatic rings. The van der Waals surface area contributed by atoms with Crippen LogP contribution in [0.5, 0.6) is 0 Å². The number of hydrogen-bond acceptors (Lipinski definition) is 4. The van der Waals surface area contributed by atoms with Crippen LogP contribution < -0.4 is 5.32 Å². The summed E-state index contributed by atoms with van der Waals surface area (Å²) in [4.78, 5) is 12.6. The molecule has 0 spiro atoms. The first kappa shape index (κ1) is 19.2. The van der Waals surface area contributed by atoms with Crippen molar-refractivity contribution < 1.29 is 13.2 Å². The van der Waals surface area contributed by atoms with Crippen molar-refractivity contribution in [1.82, 2.24) is 5.32 Å². The predicted molar refractivity (Wildman–Crippen MR) is 89.9 cm³/mol. The van der Waals surface area contributed by atoms with Crippen molar-refractivity contribution in [3.05, 3.63) is 29.3 Å². The van der Waals surface area contributed by atoms with E-state index < -0.39 is 26.7 Å². The first-order valence-electron chi connectivity index (χ1n) is 7.42. The van der Waals surface area contributed by atoms with Crippen molar-refractivity contribution >= 4 is 15.7 Å². The highest BCUT2D eigenvalue weighted by molar-refractivity contribution is 7.90. The molecule has 1 aromatic carbocycles. The number of carbonyl (C=O) groups excluding carboxylic acids is 1. The quantitative estimate of drug-likeness (QED) is 0.916. The first-order chi connectivity index (χ1) is 10.4. The zero-order valence-corrected chi connectivity index (χ0v) is 15.3. The third-order valence-electron chi connectivity index (χ3n) is 4.20. The van der Waals surface area contributed by atoms with Gasteiger partial charge in [-0.3, -0.25) is 4.79 Å². The number of amides is 1. The molecule has 0 aliphatic heterocycles. The Kier molecular flexibility index (Phi) is 5.27. The van der Waals surface area contributed by atoms with Crippen LogP contribution in [0.3, 0.4) is 0 Å². The minimum atomic E-state index is -3.42. The van der Waals surface area contributed by atoms with E-state index in [2.05, 4.69) is 11.4 Å². The van der Waals surface area contributed by atoms with E-state index in [0.29, 0.717) is 12.0 Å². The lowest BCUT2D eigenvalue weighted by Crippen LogP contribution is -2.53. The molecule has 0 saturated heterocycles. The number of aryl methyl sites for hydroxylation is 1. The summed E-state index contributed by atoms with van der Waals surface area (Å²) in [5, 5.41) is 12.1. The molecule has 0 unspecified atom stereocenters. The summed E-state index contributed by atoms with van der Waals surface area (Å²) in [5.41, 5.74) is -0.643. The van der Waals surface area contributed by atoms with E-state index in [1.54, 1.807) is 19.1 Å². The van der Waals surface area contributed by atoms with Crippen molar-refractivity contribution in [2.24, 2.45) is 5.41 Å². The maximum absolute atomic E-state index is 12.5. The average molecular weight is 336 g/mol. The summed E-state index contributed by atoms with van der Waals surface area (Å²) < 4.78 is 23.8. The van der Waals surface area contributed by atoms with Gasteiger partial charge in [-0.15, -0.1) is 0 Å². The Morgan fingerprint density at radius 2 is 1.83 bits per heavy atom. The molecular formula is C17H24N2O3S. The minimum Gasteiger partial charge on any atom is -0.333 e. The summed E-state index contributed by atoms with van der Waals surface area (Å²) >= 11 is 0. The minimum absolute atomic E-state index is 0.155. The summed E-state index contributed by atoms with van der Waals surface area (Å²) in [6.07, 6.45) is 1.68. The van der Waals surface area contributed by atoms with Crippen LogP contribution in [0.15, 0.2) is 23.1 Å². The molecule has 1 amide bonds. The van der Waals surface area contributed by atoms with E-state index in [9.17, 15) is 18.5 Å². The molecule has 23 heavy (non-hydrogen) atoms. The second kappa shape index (κ2) is 6.32. The van der Waals surface area contributed by atoms with E-state index in [1.165, 1.54) is 6.07 Å². The molecule has 0 fully saturated rings. The summed E-state index contributed by atoms with van der Waals surface area (Å²) in [7, 11) is -3.42. The molecule has 1 N–H and O–H groups in total. The number of hydrogen-bond donors (Lipinski definition) is 1. The van der Waals surface area contributed by atoms with Crippen molar-refractivity contribution in [3.8, 4) is 6.07 Å². The van der Waals surface area contributed by atoms with Gasteiger partial charge >= 0.3 is 0 Å². The van der Waals surface area contributed by atoms with Crippen LogP contribution in [0.25, 0.3) is 0 Å². The van der Waals surface area contributed by atoms with Crippen molar-refractivity contribution in [2.75, 3.05) is 6.26 Å². The first-order valence-corrected chi connectivity index (χ1v) is 9.31. The Morgan fingerprint density at radius 3 is 2.22 bits per heavy atom. The van der Waals surface area contributed by atoms with Crippen LogP contribution in [0.1, 0.15) is 50.5 Å². The molecule has 126 valence electrons. The van der Waals surface area contributed by atoms with Gasteiger partial charge in [-0.25, -0.2) is 8.42 Å². The Labute approximate surface area is 138 Å². The number of nitriles is 1. The molecule has 5 nitrogen and oxygen atoms in total. The normalized spacial score (nSPS) is 14.7. The van der Waals surface area contributed by atoms with Crippen LogP contribution in [-0.4, -0.2) is 26.1 Å². The van der Waals surface area contributed by atoms with Crippen molar-refractivity contribution in [1.29, 1.82) is 5.26 Å². The SMILES string of the molecule is CCc1ccc(C(=O)N[C@@](C)(C#N)C(C)(C)C)cc1S(C)(=O)=O. The fourth-order valence-electron chi connectivity index (χ4n) is 2.02. The lowest BCUT2D eigenvalue weighted by molar-refractivity contribution is 0.0867. The van der Waals surface area contributed by atoms with E-state index in [0.717, 1.165) is 6.26 Å². The number of rotatable bonds is 4. The number of benzene rings is 1. The Bertz CT molecular complexity index is 755. The second-order valence-electron chi connectivity index (χ2n) is 6.89. The van der Waals surface area contributed by atoms with Crippen LogP contribution >= 0.6 is 0 Å². The fourth-order valence-corrected chi connectivity index (χ4v) is 3.05. The van der Waals surface area contributed by atoms with Gasteiger partial charge in [-0.2, -0.15) is 5.26 Å². The Morgan fingerprint density at radius 1 is 1.26 bits per heavy atom. The average Bonchev–Trinajstić information content (AvgIpc) is 2.44. The van der Waals surface area contributed by atoms with Gasteiger partial charge in [0.2, 0.25) is 0 Å². The Hall–Kier alpha value is -1.87. The molecule has 0 aliphatic carbocycles. The predicted octanol–water partition coefficient (Wildman–Crippen LogP) is 2.71. The third kappa shape index (κ3) is 4.11. The van der Waals surface area contributed by atoms with Crippen LogP contribution in [0.2, 0.25) is 0 Å². The topological polar surface area (TPSA) is 87.0 Å². The fraction of sp³-hybridized carbons (Fsp3) is 0.529. The number of nitrogens with zero attached hydrogens (tertiary/aromatic N) is 1. The van der Waals surface area contributed by atoms with E-state index in [4.69, 9.17) is 0 Å². The molecular weight excluding hydrogens is 312 g/mol. The maximum atomic E-state index is 12.5. The second-order valence-corrected chi connectivity index (χ2v) is 8.87. The summed E-state index contributed by atoms with van der Waals surface area (Å²) in [6, 6.07) is 6.75. The summed E-state index contributed by atoms with van der Waals surface area (Å²) in [6.45, 7) is 9.09. The maximum Gasteiger partial charge on any atom is 0.252 e. The molecule has 1 atom stereocenters. The zero-order chi connectivity index (χ0) is 18.1. The summed E-state index contributed by atoms with van der Waals surface area (Å²) in [5.74, 6) is -0.462. The monoisotopic (exact) mass is 336 g/mol. The van der Waals surface area contributed by atoms with E-state index >= 15 is 0 Å². The lowest BCUT2D eigenvalue weighted by atomic mass is 9.76. The lowest BCUT2D eigenvalue weighted by Gasteiger charge is -2.36. The van der Waals surface area contributed by atoms with Crippen LogP contribution in [0.4, 0.5) is 0 Å². The third-order valence-corrected chi connectivity index (χ3v) is 5.38. The molecule has 1 rings (SSSR count). The molecule has 0 bridgehead atoms. The van der Waals surface area contributed by atoms with E-state index in [1.807, 2.05) is 27.7 Å².